The standard InChI is InChI=1S/C26H14N8O2/c27-13-14(21-28-15-7-1-2-8-16(15)29-21)22-32-23(25-30-17-9-3-5-11-19(17)35-25)34-24(33-22)26-31-18-10-4-6-12-20(18)36-26/h1-12,15,28H/b21-14+. The van der Waals surface area contributed by atoms with E-state index in [9.17, 15) is 5.26 Å². The van der Waals surface area contributed by atoms with Crippen LogP contribution in [0.3, 0.4) is 0 Å². The monoisotopic (exact) mass is 470 g/mol. The number of nitriles is 1. The summed E-state index contributed by atoms with van der Waals surface area (Å²) < 4.78 is 11.8. The van der Waals surface area contributed by atoms with Crippen LogP contribution in [0.25, 0.3) is 51.2 Å². The molecule has 1 aliphatic heterocycles. The zero-order chi connectivity index (χ0) is 24.1. The van der Waals surface area contributed by atoms with Crippen molar-refractivity contribution in [3.05, 3.63) is 84.5 Å². The maximum absolute atomic E-state index is 10.1. The fourth-order valence-corrected chi connectivity index (χ4v) is 4.02. The van der Waals surface area contributed by atoms with Gasteiger partial charge in [-0.15, -0.1) is 0 Å². The number of nitrogens with zero attached hydrogens (tertiary/aromatic N) is 7. The Morgan fingerprint density at radius 1 is 0.806 bits per heavy atom. The van der Waals surface area contributed by atoms with E-state index in [4.69, 9.17) is 8.83 Å². The zero-order valence-electron chi connectivity index (χ0n) is 18.5. The smallest absolute Gasteiger partial charge is 0.266 e. The first-order chi connectivity index (χ1) is 17.7. The van der Waals surface area contributed by atoms with Gasteiger partial charge < -0.3 is 14.2 Å². The number of hydrogen-bond acceptors (Lipinski definition) is 10. The second-order valence-electron chi connectivity index (χ2n) is 8.02. The molecule has 0 fully saturated rings. The molecule has 5 aromatic rings. The lowest BCUT2D eigenvalue weighted by molar-refractivity contribution is 0.604. The number of fused-ring (bicyclic) bond motifs is 3. The summed E-state index contributed by atoms with van der Waals surface area (Å²) in [5.74, 6) is 1.12. The molecule has 1 unspecified atom stereocenters. The van der Waals surface area contributed by atoms with Crippen molar-refractivity contribution in [2.45, 2.75) is 6.04 Å². The molecule has 4 heterocycles. The number of aromatic nitrogens is 5. The average molecular weight is 470 g/mol. The van der Waals surface area contributed by atoms with Gasteiger partial charge in [0.25, 0.3) is 11.8 Å². The number of nitrogens with one attached hydrogen (secondary N) is 1. The van der Waals surface area contributed by atoms with E-state index in [1.54, 1.807) is 12.1 Å². The van der Waals surface area contributed by atoms with E-state index >= 15 is 0 Å². The number of oxazole rings is 2. The van der Waals surface area contributed by atoms with Crippen LogP contribution in [0.15, 0.2) is 92.5 Å². The average Bonchev–Trinajstić information content (AvgIpc) is 3.65. The molecule has 1 aliphatic carbocycles. The molecule has 10 heteroatoms. The van der Waals surface area contributed by atoms with Gasteiger partial charge in [0.15, 0.2) is 17.0 Å². The van der Waals surface area contributed by atoms with E-state index in [-0.39, 0.29) is 40.9 Å². The lowest BCUT2D eigenvalue weighted by Gasteiger charge is -2.09. The lowest BCUT2D eigenvalue weighted by atomic mass is 10.1. The lowest BCUT2D eigenvalue weighted by Crippen LogP contribution is -2.27. The first-order valence-electron chi connectivity index (χ1n) is 11.1. The molecule has 1 N–H and O–H groups in total. The molecule has 2 aliphatic rings. The molecule has 36 heavy (non-hydrogen) atoms. The molecular weight excluding hydrogens is 456 g/mol. The molecule has 1 atom stereocenters. The molecule has 7 rings (SSSR count). The molecule has 0 saturated heterocycles. The van der Waals surface area contributed by atoms with Crippen molar-refractivity contribution in [3.8, 4) is 29.5 Å². The minimum atomic E-state index is -0.122. The molecule has 10 nitrogen and oxygen atoms in total. The van der Waals surface area contributed by atoms with Crippen molar-refractivity contribution < 1.29 is 8.83 Å². The normalized spacial score (nSPS) is 17.6. The predicted molar refractivity (Wildman–Crippen MR) is 131 cm³/mol. The molecular formula is C26H14N8O2. The zero-order valence-corrected chi connectivity index (χ0v) is 18.5. The Bertz CT molecular complexity index is 1690. The van der Waals surface area contributed by atoms with Crippen molar-refractivity contribution in [1.29, 1.82) is 5.26 Å². The summed E-state index contributed by atoms with van der Waals surface area (Å²) in [5, 5.41) is 13.3. The molecule has 3 aromatic heterocycles. The van der Waals surface area contributed by atoms with Crippen molar-refractivity contribution in [3.63, 3.8) is 0 Å². The topological polar surface area (TPSA) is 139 Å². The molecule has 0 amide bonds. The molecule has 0 spiro atoms. The van der Waals surface area contributed by atoms with E-state index in [0.717, 1.165) is 5.71 Å². The highest BCUT2D eigenvalue weighted by molar-refractivity contribution is 6.05. The summed E-state index contributed by atoms with van der Waals surface area (Å²) >= 11 is 0. The third-order valence-electron chi connectivity index (χ3n) is 5.71. The number of aliphatic imine (C=N–C) groups is 1. The number of benzene rings is 2. The number of para-hydroxylation sites is 4. The van der Waals surface area contributed by atoms with E-state index in [1.165, 1.54) is 0 Å². The first-order valence-corrected chi connectivity index (χ1v) is 11.1. The van der Waals surface area contributed by atoms with E-state index < -0.39 is 0 Å². The van der Waals surface area contributed by atoms with Gasteiger partial charge in [-0.25, -0.2) is 24.9 Å². The maximum Gasteiger partial charge on any atom is 0.266 e. The van der Waals surface area contributed by atoms with Gasteiger partial charge in [0.05, 0.1) is 11.8 Å². The Labute approximate surface area is 203 Å². The van der Waals surface area contributed by atoms with Gasteiger partial charge in [0, 0.05) is 0 Å². The number of hydrogen-bond donors (Lipinski definition) is 1. The van der Waals surface area contributed by atoms with Crippen LogP contribution >= 0.6 is 0 Å². The van der Waals surface area contributed by atoms with E-state index in [1.807, 2.05) is 60.7 Å². The van der Waals surface area contributed by atoms with Crippen LogP contribution in [0, 0.1) is 11.3 Å². The minimum Gasteiger partial charge on any atom is -0.434 e. The number of rotatable bonds is 3. The van der Waals surface area contributed by atoms with Gasteiger partial charge >= 0.3 is 0 Å². The van der Waals surface area contributed by atoms with Crippen LogP contribution in [0.4, 0.5) is 0 Å². The molecule has 0 saturated carbocycles. The van der Waals surface area contributed by atoms with Crippen molar-refractivity contribution in [2.75, 3.05) is 0 Å². The third kappa shape index (κ3) is 3.26. The van der Waals surface area contributed by atoms with Crippen LogP contribution in [0.2, 0.25) is 0 Å². The second-order valence-corrected chi connectivity index (χ2v) is 8.02. The third-order valence-corrected chi connectivity index (χ3v) is 5.71. The highest BCUT2D eigenvalue weighted by Crippen LogP contribution is 2.28. The maximum atomic E-state index is 10.1. The van der Waals surface area contributed by atoms with E-state index in [2.05, 4.69) is 41.3 Å². The largest absolute Gasteiger partial charge is 0.434 e. The summed E-state index contributed by atoms with van der Waals surface area (Å²) in [6, 6.07) is 16.8. The Morgan fingerprint density at radius 3 is 2.03 bits per heavy atom. The van der Waals surface area contributed by atoms with Crippen LogP contribution < -0.4 is 5.32 Å². The molecule has 2 aromatic carbocycles. The van der Waals surface area contributed by atoms with Crippen LogP contribution in [-0.4, -0.2) is 36.7 Å². The van der Waals surface area contributed by atoms with Gasteiger partial charge in [0.2, 0.25) is 11.6 Å². The fraction of sp³-hybridized carbons (Fsp3) is 0.0385. The summed E-state index contributed by atoms with van der Waals surface area (Å²) in [6.07, 6.45) is 7.67. The Balaban J connectivity index is 1.43. The van der Waals surface area contributed by atoms with Crippen molar-refractivity contribution in [1.82, 2.24) is 30.2 Å². The summed E-state index contributed by atoms with van der Waals surface area (Å²) in [6.45, 7) is 0. The summed E-state index contributed by atoms with van der Waals surface area (Å²) in [4.78, 5) is 27.2. The summed E-state index contributed by atoms with van der Waals surface area (Å²) in [7, 11) is 0. The Kier molecular flexibility index (Phi) is 4.34. The number of allylic oxidation sites excluding steroid dienone is 3. The van der Waals surface area contributed by atoms with Crippen molar-refractivity contribution in [2.24, 2.45) is 4.99 Å². The highest BCUT2D eigenvalue weighted by Gasteiger charge is 2.27. The molecule has 170 valence electrons. The van der Waals surface area contributed by atoms with E-state index in [0.29, 0.717) is 28.0 Å². The van der Waals surface area contributed by atoms with Crippen molar-refractivity contribution >= 4 is 33.5 Å². The first kappa shape index (κ1) is 20.0. The van der Waals surface area contributed by atoms with Gasteiger partial charge in [-0.05, 0) is 30.3 Å². The van der Waals surface area contributed by atoms with Gasteiger partial charge in [-0.3, -0.25) is 0 Å². The Morgan fingerprint density at radius 2 is 1.44 bits per heavy atom. The van der Waals surface area contributed by atoms with Gasteiger partial charge in [-0.2, -0.15) is 10.2 Å². The minimum absolute atomic E-state index is 0.0977. The fourth-order valence-electron chi connectivity index (χ4n) is 4.02. The SMILES string of the molecule is N#C/C(=C1\N=C2C=CC=CC2N1)c1nc(-c2nc3ccccc3o2)nc(-c2nc3ccccc3o2)n1. The molecule has 0 radical (unpaired) electrons. The molecule has 0 bridgehead atoms. The van der Waals surface area contributed by atoms with Gasteiger partial charge in [-0.1, -0.05) is 42.5 Å². The second kappa shape index (κ2) is 7.82. The highest BCUT2D eigenvalue weighted by atomic mass is 16.4. The van der Waals surface area contributed by atoms with Crippen LogP contribution in [-0.2, 0) is 0 Å². The summed E-state index contributed by atoms with van der Waals surface area (Å²) in [5.41, 5.74) is 3.43. The van der Waals surface area contributed by atoms with Crippen LogP contribution in [0.1, 0.15) is 5.82 Å². The van der Waals surface area contributed by atoms with Crippen LogP contribution in [0.5, 0.6) is 0 Å². The quantitative estimate of drug-likeness (QED) is 0.384. The van der Waals surface area contributed by atoms with Gasteiger partial charge in [0.1, 0.15) is 28.5 Å². The predicted octanol–water partition coefficient (Wildman–Crippen LogP) is 4.22. The Hall–Kier alpha value is -5.43.